The molecule has 1 aromatic heterocycles. The van der Waals surface area contributed by atoms with Crippen molar-refractivity contribution in [1.29, 1.82) is 0 Å². The molecule has 1 atom stereocenters. The molecule has 0 saturated heterocycles. The monoisotopic (exact) mass is 295 g/mol. The van der Waals surface area contributed by atoms with E-state index < -0.39 is 6.10 Å². The van der Waals surface area contributed by atoms with Gasteiger partial charge in [0.1, 0.15) is 12.2 Å². The van der Waals surface area contributed by atoms with Gasteiger partial charge in [0, 0.05) is 17.9 Å². The zero-order valence-electron chi connectivity index (χ0n) is 9.76. The van der Waals surface area contributed by atoms with Crippen LogP contribution in [0.5, 0.6) is 0 Å². The van der Waals surface area contributed by atoms with E-state index in [1.807, 2.05) is 32.2 Å². The first-order chi connectivity index (χ1) is 8.06. The Morgan fingerprint density at radius 2 is 2.18 bits per heavy atom. The lowest BCUT2D eigenvalue weighted by atomic mass is 10.0. The summed E-state index contributed by atoms with van der Waals surface area (Å²) in [5.41, 5.74) is 2.01. The predicted octanol–water partition coefficient (Wildman–Crippen LogP) is 2.16. The minimum atomic E-state index is -0.561. The van der Waals surface area contributed by atoms with Crippen LogP contribution in [0.1, 0.15) is 23.1 Å². The molecule has 0 radical (unpaired) electrons. The van der Waals surface area contributed by atoms with E-state index in [2.05, 4.69) is 26.0 Å². The van der Waals surface area contributed by atoms with Gasteiger partial charge in [0.15, 0.2) is 0 Å². The van der Waals surface area contributed by atoms with Gasteiger partial charge in [-0.15, -0.1) is 0 Å². The predicted molar refractivity (Wildman–Crippen MR) is 68.5 cm³/mol. The molecule has 17 heavy (non-hydrogen) atoms. The number of hydrogen-bond acceptors (Lipinski definition) is 3. The van der Waals surface area contributed by atoms with Crippen LogP contribution in [0.2, 0.25) is 0 Å². The van der Waals surface area contributed by atoms with Gasteiger partial charge in [0.05, 0.1) is 6.10 Å². The maximum Gasteiger partial charge on any atom is 0.138 e. The Hall–Kier alpha value is -1.20. The third kappa shape index (κ3) is 2.92. The van der Waals surface area contributed by atoms with Crippen molar-refractivity contribution in [2.45, 2.75) is 19.4 Å². The molecule has 4 nitrogen and oxygen atoms in total. The number of aromatic nitrogens is 3. The highest BCUT2D eigenvalue weighted by atomic mass is 79.9. The van der Waals surface area contributed by atoms with Crippen LogP contribution in [-0.2, 0) is 13.5 Å². The van der Waals surface area contributed by atoms with E-state index in [0.717, 1.165) is 21.4 Å². The van der Waals surface area contributed by atoms with Gasteiger partial charge < -0.3 is 5.11 Å². The van der Waals surface area contributed by atoms with Crippen LogP contribution in [0, 0.1) is 6.92 Å². The average molecular weight is 296 g/mol. The summed E-state index contributed by atoms with van der Waals surface area (Å²) in [6.45, 7) is 2.00. The second-order valence-electron chi connectivity index (χ2n) is 4.08. The Labute approximate surface area is 108 Å². The SMILES string of the molecule is Cc1cc(Br)cc(C(O)Cc2ncnn2C)c1. The van der Waals surface area contributed by atoms with Gasteiger partial charge in [0.2, 0.25) is 0 Å². The highest BCUT2D eigenvalue weighted by molar-refractivity contribution is 9.10. The third-order valence-electron chi connectivity index (χ3n) is 2.63. The molecular weight excluding hydrogens is 282 g/mol. The van der Waals surface area contributed by atoms with Gasteiger partial charge in [-0.1, -0.05) is 22.0 Å². The van der Waals surface area contributed by atoms with Crippen LogP contribution >= 0.6 is 15.9 Å². The molecule has 0 amide bonds. The van der Waals surface area contributed by atoms with Gasteiger partial charge in [-0.05, 0) is 30.2 Å². The molecule has 0 fully saturated rings. The van der Waals surface area contributed by atoms with Crippen LogP contribution in [0.4, 0.5) is 0 Å². The second kappa shape index (κ2) is 4.98. The Morgan fingerprint density at radius 3 is 2.76 bits per heavy atom. The summed E-state index contributed by atoms with van der Waals surface area (Å²) in [5, 5.41) is 14.1. The molecule has 2 rings (SSSR count). The van der Waals surface area contributed by atoms with Crippen LogP contribution in [0.25, 0.3) is 0 Å². The Bertz CT molecular complexity index is 504. The van der Waals surface area contributed by atoms with Gasteiger partial charge in [-0.2, -0.15) is 5.10 Å². The van der Waals surface area contributed by atoms with Crippen molar-refractivity contribution >= 4 is 15.9 Å². The molecule has 0 spiro atoms. The Balaban J connectivity index is 2.20. The molecule has 0 aliphatic carbocycles. The fraction of sp³-hybridized carbons (Fsp3) is 0.333. The largest absolute Gasteiger partial charge is 0.388 e. The first-order valence-electron chi connectivity index (χ1n) is 5.34. The summed E-state index contributed by atoms with van der Waals surface area (Å²) in [7, 11) is 1.82. The number of aryl methyl sites for hydroxylation is 2. The average Bonchev–Trinajstić information content (AvgIpc) is 2.63. The summed E-state index contributed by atoms with van der Waals surface area (Å²) < 4.78 is 2.65. The molecule has 1 aromatic carbocycles. The molecular formula is C12H14BrN3O. The molecule has 1 heterocycles. The lowest BCUT2D eigenvalue weighted by molar-refractivity contribution is 0.174. The molecule has 5 heteroatoms. The van der Waals surface area contributed by atoms with E-state index in [1.165, 1.54) is 6.33 Å². The van der Waals surface area contributed by atoms with Crippen molar-refractivity contribution in [3.05, 3.63) is 46.0 Å². The molecule has 0 aliphatic heterocycles. The first-order valence-corrected chi connectivity index (χ1v) is 6.13. The number of aliphatic hydroxyl groups excluding tert-OH is 1. The molecule has 90 valence electrons. The van der Waals surface area contributed by atoms with E-state index in [0.29, 0.717) is 6.42 Å². The van der Waals surface area contributed by atoms with Crippen LogP contribution < -0.4 is 0 Å². The van der Waals surface area contributed by atoms with Crippen LogP contribution in [0.3, 0.4) is 0 Å². The van der Waals surface area contributed by atoms with Crippen molar-refractivity contribution in [3.63, 3.8) is 0 Å². The van der Waals surface area contributed by atoms with Crippen molar-refractivity contribution in [1.82, 2.24) is 14.8 Å². The molecule has 0 bridgehead atoms. The second-order valence-corrected chi connectivity index (χ2v) is 5.00. The maximum absolute atomic E-state index is 10.2. The lowest BCUT2D eigenvalue weighted by Gasteiger charge is -2.11. The number of nitrogens with zero attached hydrogens (tertiary/aromatic N) is 3. The van der Waals surface area contributed by atoms with Gasteiger partial charge in [0.25, 0.3) is 0 Å². The van der Waals surface area contributed by atoms with Gasteiger partial charge in [-0.3, -0.25) is 4.68 Å². The summed E-state index contributed by atoms with van der Waals surface area (Å²) in [5.74, 6) is 0.773. The van der Waals surface area contributed by atoms with E-state index >= 15 is 0 Å². The molecule has 0 saturated carbocycles. The quantitative estimate of drug-likeness (QED) is 0.944. The van der Waals surface area contributed by atoms with Crippen LogP contribution in [-0.4, -0.2) is 19.9 Å². The number of benzene rings is 1. The molecule has 1 N–H and O–H groups in total. The Morgan fingerprint density at radius 1 is 1.41 bits per heavy atom. The zero-order valence-corrected chi connectivity index (χ0v) is 11.3. The summed E-state index contributed by atoms with van der Waals surface area (Å²) in [6, 6.07) is 5.92. The minimum Gasteiger partial charge on any atom is -0.388 e. The topological polar surface area (TPSA) is 50.9 Å². The van der Waals surface area contributed by atoms with E-state index in [1.54, 1.807) is 4.68 Å². The number of aliphatic hydroxyl groups is 1. The zero-order chi connectivity index (χ0) is 12.4. The number of halogens is 1. The number of rotatable bonds is 3. The highest BCUT2D eigenvalue weighted by Crippen LogP contribution is 2.22. The molecule has 2 aromatic rings. The lowest BCUT2D eigenvalue weighted by Crippen LogP contribution is -2.07. The standard InChI is InChI=1S/C12H14BrN3O/c1-8-3-9(5-10(13)4-8)11(17)6-12-14-7-15-16(12)2/h3-5,7,11,17H,6H2,1-2H3. The summed E-state index contributed by atoms with van der Waals surface area (Å²) in [4.78, 5) is 4.11. The van der Waals surface area contributed by atoms with E-state index in [-0.39, 0.29) is 0 Å². The smallest absolute Gasteiger partial charge is 0.138 e. The normalized spacial score (nSPS) is 12.7. The summed E-state index contributed by atoms with van der Waals surface area (Å²) >= 11 is 3.43. The maximum atomic E-state index is 10.2. The highest BCUT2D eigenvalue weighted by Gasteiger charge is 2.12. The fourth-order valence-electron chi connectivity index (χ4n) is 1.75. The number of hydrogen-bond donors (Lipinski definition) is 1. The fourth-order valence-corrected chi connectivity index (χ4v) is 2.38. The molecule has 0 aliphatic rings. The van der Waals surface area contributed by atoms with Gasteiger partial charge >= 0.3 is 0 Å². The third-order valence-corrected chi connectivity index (χ3v) is 3.09. The Kier molecular flexibility index (Phi) is 3.59. The van der Waals surface area contributed by atoms with Crippen molar-refractivity contribution in [2.75, 3.05) is 0 Å². The van der Waals surface area contributed by atoms with Crippen LogP contribution in [0.15, 0.2) is 29.0 Å². The van der Waals surface area contributed by atoms with Crippen molar-refractivity contribution in [2.24, 2.45) is 7.05 Å². The summed E-state index contributed by atoms with van der Waals surface area (Å²) in [6.07, 6.45) is 1.40. The van der Waals surface area contributed by atoms with Crippen molar-refractivity contribution < 1.29 is 5.11 Å². The van der Waals surface area contributed by atoms with Gasteiger partial charge in [-0.25, -0.2) is 4.98 Å². The van der Waals surface area contributed by atoms with Crippen molar-refractivity contribution in [3.8, 4) is 0 Å². The minimum absolute atomic E-state index is 0.465. The van der Waals surface area contributed by atoms with E-state index in [9.17, 15) is 5.11 Å². The molecule has 1 unspecified atom stereocenters. The first kappa shape index (κ1) is 12.3. The van der Waals surface area contributed by atoms with E-state index in [4.69, 9.17) is 0 Å².